The molecule has 29 heavy (non-hydrogen) atoms. The normalized spacial score (nSPS) is 31.1. The maximum atomic E-state index is 12.8. The molecule has 0 aromatic carbocycles. The molecule has 6 nitrogen and oxygen atoms in total. The maximum absolute atomic E-state index is 12.8. The molecule has 3 atom stereocenters. The second-order valence-electron chi connectivity index (χ2n) is 9.20. The van der Waals surface area contributed by atoms with Crippen molar-refractivity contribution in [2.75, 3.05) is 20.2 Å². The number of amides is 1. The van der Waals surface area contributed by atoms with E-state index in [1.165, 1.54) is 32.8 Å². The molecular weight excluding hydrogens is 370 g/mol. The number of carbonyl (C=O) groups is 3. The second kappa shape index (κ2) is 8.99. The van der Waals surface area contributed by atoms with Crippen LogP contribution in [0.1, 0.15) is 65.2 Å². The van der Waals surface area contributed by atoms with E-state index in [1.807, 2.05) is 4.90 Å². The number of Topliss-reactive ketones (excluding diaryl/α,β-unsaturated/α-hetero) is 1. The number of esters is 1. The number of ether oxygens (including phenoxy) is 2. The lowest BCUT2D eigenvalue weighted by Gasteiger charge is -2.41. The first-order valence-electron chi connectivity index (χ1n) is 11.0. The third-order valence-corrected chi connectivity index (χ3v) is 7.14. The summed E-state index contributed by atoms with van der Waals surface area (Å²) < 4.78 is 10.8. The summed E-state index contributed by atoms with van der Waals surface area (Å²) in [6, 6.07) is 0. The summed E-state index contributed by atoms with van der Waals surface area (Å²) in [5, 5.41) is 0. The Hall–Kier alpha value is -1.69. The lowest BCUT2D eigenvalue weighted by atomic mass is 9.72. The van der Waals surface area contributed by atoms with Gasteiger partial charge in [0.2, 0.25) is 5.91 Å². The van der Waals surface area contributed by atoms with Crippen LogP contribution in [0.3, 0.4) is 0 Å². The Labute approximate surface area is 174 Å². The number of carbonyl (C=O) groups excluding carboxylic acids is 3. The van der Waals surface area contributed by atoms with E-state index < -0.39 is 23.6 Å². The van der Waals surface area contributed by atoms with Gasteiger partial charge >= 0.3 is 5.97 Å². The molecular formula is C23H35NO5. The van der Waals surface area contributed by atoms with E-state index in [2.05, 4.69) is 6.58 Å². The molecule has 3 rings (SSSR count). The Morgan fingerprint density at radius 1 is 1.14 bits per heavy atom. The fourth-order valence-corrected chi connectivity index (χ4v) is 4.68. The average Bonchev–Trinajstić information content (AvgIpc) is 3.56. The van der Waals surface area contributed by atoms with Gasteiger partial charge in [-0.1, -0.05) is 32.3 Å². The first-order valence-corrected chi connectivity index (χ1v) is 11.0. The fourth-order valence-electron chi connectivity index (χ4n) is 4.68. The highest BCUT2D eigenvalue weighted by atomic mass is 16.5. The first-order chi connectivity index (χ1) is 13.8. The molecule has 1 amide bonds. The quantitative estimate of drug-likeness (QED) is 0.369. The van der Waals surface area contributed by atoms with Crippen LogP contribution in [-0.4, -0.2) is 55.0 Å². The van der Waals surface area contributed by atoms with Crippen molar-refractivity contribution in [3.05, 3.63) is 12.2 Å². The number of hydrogen-bond acceptors (Lipinski definition) is 5. The minimum Gasteiger partial charge on any atom is -0.468 e. The summed E-state index contributed by atoms with van der Waals surface area (Å²) in [6.07, 6.45) is 7.02. The van der Waals surface area contributed by atoms with Gasteiger partial charge in [-0.3, -0.25) is 14.4 Å². The molecule has 2 aliphatic heterocycles. The van der Waals surface area contributed by atoms with E-state index >= 15 is 0 Å². The van der Waals surface area contributed by atoms with Crippen molar-refractivity contribution in [3.63, 3.8) is 0 Å². The van der Waals surface area contributed by atoms with Crippen molar-refractivity contribution in [1.82, 2.24) is 4.90 Å². The molecule has 1 aliphatic carbocycles. The Balaban J connectivity index is 1.53. The van der Waals surface area contributed by atoms with Gasteiger partial charge < -0.3 is 14.4 Å². The van der Waals surface area contributed by atoms with Gasteiger partial charge in [0.1, 0.15) is 0 Å². The Kier molecular flexibility index (Phi) is 6.82. The number of methoxy groups -OCH3 is 1. The van der Waals surface area contributed by atoms with Crippen LogP contribution < -0.4 is 0 Å². The van der Waals surface area contributed by atoms with Crippen molar-refractivity contribution in [2.45, 2.75) is 77.4 Å². The van der Waals surface area contributed by atoms with Crippen molar-refractivity contribution in [3.8, 4) is 0 Å². The van der Waals surface area contributed by atoms with Crippen molar-refractivity contribution in [1.29, 1.82) is 0 Å². The Bertz CT molecular complexity index is 662. The Morgan fingerprint density at radius 2 is 1.72 bits per heavy atom. The monoisotopic (exact) mass is 405 g/mol. The van der Waals surface area contributed by atoms with Gasteiger partial charge in [0.25, 0.3) is 0 Å². The predicted octanol–water partition coefficient (Wildman–Crippen LogP) is 3.29. The SMILES string of the molecule is C=C1C(=O)[C@](C)(C(=O)OC)[C@H](CCC(=O)N2CCC(CCC3CC3)CC2)O[C@@H]1C. The summed E-state index contributed by atoms with van der Waals surface area (Å²) in [5.41, 5.74) is -1.18. The predicted molar refractivity (Wildman–Crippen MR) is 109 cm³/mol. The van der Waals surface area contributed by atoms with E-state index in [-0.39, 0.29) is 23.7 Å². The highest BCUT2D eigenvalue weighted by molar-refractivity contribution is 6.13. The number of piperidine rings is 1. The van der Waals surface area contributed by atoms with Gasteiger partial charge in [0.05, 0.1) is 19.3 Å². The molecule has 0 radical (unpaired) electrons. The first kappa shape index (κ1) is 22.0. The maximum Gasteiger partial charge on any atom is 0.322 e. The van der Waals surface area contributed by atoms with Crippen LogP contribution in [-0.2, 0) is 23.9 Å². The summed E-state index contributed by atoms with van der Waals surface area (Å²) >= 11 is 0. The number of ketones is 1. The van der Waals surface area contributed by atoms with Crippen LogP contribution >= 0.6 is 0 Å². The summed E-state index contributed by atoms with van der Waals surface area (Å²) in [7, 11) is 1.26. The molecule has 0 N–H and O–H groups in total. The number of hydrogen-bond donors (Lipinski definition) is 0. The standard InChI is InChI=1S/C23H35NO5/c1-15-16(2)29-19(23(3,21(15)26)22(27)28-4)9-10-20(25)24-13-11-18(12-14-24)8-7-17-5-6-17/h16-19H,1,5-14H2,2-4H3/t16-,19+,23-/m1/s1. The fraction of sp³-hybridized carbons (Fsp3) is 0.783. The molecule has 162 valence electrons. The van der Waals surface area contributed by atoms with Crippen molar-refractivity contribution < 1.29 is 23.9 Å². The molecule has 1 saturated carbocycles. The van der Waals surface area contributed by atoms with Crippen LogP contribution in [0.5, 0.6) is 0 Å². The van der Waals surface area contributed by atoms with Crippen LogP contribution in [0, 0.1) is 17.3 Å². The van der Waals surface area contributed by atoms with E-state index in [4.69, 9.17) is 9.47 Å². The van der Waals surface area contributed by atoms with Gasteiger partial charge in [-0.15, -0.1) is 0 Å². The summed E-state index contributed by atoms with van der Waals surface area (Å²) in [5.74, 6) is 0.802. The molecule has 3 fully saturated rings. The second-order valence-corrected chi connectivity index (χ2v) is 9.20. The summed E-state index contributed by atoms with van der Waals surface area (Å²) in [4.78, 5) is 39.9. The minimum absolute atomic E-state index is 0.0750. The molecule has 0 aromatic heterocycles. The zero-order valence-corrected chi connectivity index (χ0v) is 18.1. The minimum atomic E-state index is -1.45. The zero-order valence-electron chi connectivity index (χ0n) is 18.1. The third-order valence-electron chi connectivity index (χ3n) is 7.14. The lowest BCUT2D eigenvalue weighted by Crippen LogP contribution is -2.55. The van der Waals surface area contributed by atoms with Crippen LogP contribution in [0.4, 0.5) is 0 Å². The zero-order chi connectivity index (χ0) is 21.2. The highest BCUT2D eigenvalue weighted by Gasteiger charge is 2.54. The number of rotatable bonds is 7. The van der Waals surface area contributed by atoms with Gasteiger partial charge in [-0.25, -0.2) is 0 Å². The molecule has 2 saturated heterocycles. The van der Waals surface area contributed by atoms with Gasteiger partial charge in [0.15, 0.2) is 11.2 Å². The number of nitrogens with zero attached hydrogens (tertiary/aromatic N) is 1. The van der Waals surface area contributed by atoms with Crippen molar-refractivity contribution >= 4 is 17.7 Å². The molecule has 3 aliphatic rings. The van der Waals surface area contributed by atoms with Crippen LogP contribution in [0.2, 0.25) is 0 Å². The topological polar surface area (TPSA) is 72.9 Å². The molecule has 6 heteroatoms. The van der Waals surface area contributed by atoms with E-state index in [0.29, 0.717) is 6.42 Å². The highest BCUT2D eigenvalue weighted by Crippen LogP contribution is 2.39. The smallest absolute Gasteiger partial charge is 0.322 e. The van der Waals surface area contributed by atoms with E-state index in [1.54, 1.807) is 13.8 Å². The molecule has 0 aromatic rings. The third kappa shape index (κ3) is 4.73. The van der Waals surface area contributed by atoms with Crippen LogP contribution in [0.15, 0.2) is 12.2 Å². The molecule has 0 unspecified atom stereocenters. The Morgan fingerprint density at radius 3 is 2.28 bits per heavy atom. The molecule has 2 heterocycles. The van der Waals surface area contributed by atoms with E-state index in [0.717, 1.165) is 37.8 Å². The largest absolute Gasteiger partial charge is 0.468 e. The van der Waals surface area contributed by atoms with E-state index in [9.17, 15) is 14.4 Å². The number of likely N-dealkylation sites (tertiary alicyclic amines) is 1. The van der Waals surface area contributed by atoms with Gasteiger partial charge in [-0.05, 0) is 44.9 Å². The average molecular weight is 406 g/mol. The van der Waals surface area contributed by atoms with Gasteiger partial charge in [0, 0.05) is 25.1 Å². The van der Waals surface area contributed by atoms with Crippen molar-refractivity contribution in [2.24, 2.45) is 17.3 Å². The van der Waals surface area contributed by atoms with Crippen LogP contribution in [0.25, 0.3) is 0 Å². The molecule has 0 spiro atoms. The summed E-state index contributed by atoms with van der Waals surface area (Å²) in [6.45, 7) is 8.67. The lowest BCUT2D eigenvalue weighted by molar-refractivity contribution is -0.176. The molecule has 0 bridgehead atoms. The van der Waals surface area contributed by atoms with Gasteiger partial charge in [-0.2, -0.15) is 0 Å².